The molecule has 0 aromatic carbocycles. The molecule has 0 saturated heterocycles. The monoisotopic (exact) mass is 223 g/mol. The average molecular weight is 223 g/mol. The first-order valence-corrected chi connectivity index (χ1v) is 6.01. The number of nitrogens with one attached hydrogen (secondary N) is 1. The third-order valence-corrected chi connectivity index (χ3v) is 3.79. The fourth-order valence-electron chi connectivity index (χ4n) is 2.48. The predicted octanol–water partition coefficient (Wildman–Crippen LogP) is 2.37. The summed E-state index contributed by atoms with van der Waals surface area (Å²) in [6.07, 6.45) is 9.36. The van der Waals surface area contributed by atoms with Crippen LogP contribution in [-0.4, -0.2) is 25.8 Å². The molecular formula is C13H21NO2. The topological polar surface area (TPSA) is 34.4 Å². The zero-order valence-corrected chi connectivity index (χ0v) is 10.2. The van der Waals surface area contributed by atoms with Gasteiger partial charge in [0.25, 0.3) is 0 Å². The Balaban J connectivity index is 1.90. The van der Waals surface area contributed by atoms with Crippen LogP contribution in [0.1, 0.15) is 31.2 Å². The van der Waals surface area contributed by atoms with E-state index in [9.17, 15) is 0 Å². The fourth-order valence-corrected chi connectivity index (χ4v) is 2.48. The Morgan fingerprint density at radius 3 is 2.81 bits per heavy atom. The summed E-state index contributed by atoms with van der Waals surface area (Å²) in [6.45, 7) is 0. The smallest absolute Gasteiger partial charge is 0.0935 e. The van der Waals surface area contributed by atoms with Crippen LogP contribution in [0.4, 0.5) is 0 Å². The van der Waals surface area contributed by atoms with E-state index in [0.29, 0.717) is 6.04 Å². The van der Waals surface area contributed by atoms with E-state index in [1.165, 1.54) is 24.8 Å². The number of likely N-dealkylation sites (N-methyl/N-ethyl adjacent to an activating group) is 1. The second-order valence-electron chi connectivity index (χ2n) is 4.77. The molecule has 1 aliphatic carbocycles. The maximum atomic E-state index is 5.66. The fraction of sp³-hybridized carbons (Fsp3) is 0.692. The first-order chi connectivity index (χ1) is 7.78. The highest BCUT2D eigenvalue weighted by molar-refractivity contribution is 5.08. The van der Waals surface area contributed by atoms with E-state index in [4.69, 9.17) is 9.15 Å². The van der Waals surface area contributed by atoms with Gasteiger partial charge in [-0.2, -0.15) is 0 Å². The third kappa shape index (κ3) is 2.47. The summed E-state index contributed by atoms with van der Waals surface area (Å²) in [7, 11) is 3.86. The summed E-state index contributed by atoms with van der Waals surface area (Å²) in [4.78, 5) is 0. The second kappa shape index (κ2) is 5.02. The lowest BCUT2D eigenvalue weighted by molar-refractivity contribution is -0.0830. The SMILES string of the molecule is CNC(Cc1ccoc1)CC1(OC)CCC1. The lowest BCUT2D eigenvalue weighted by atomic mass is 9.75. The molecule has 1 fully saturated rings. The van der Waals surface area contributed by atoms with Crippen LogP contribution in [0.2, 0.25) is 0 Å². The maximum absolute atomic E-state index is 5.66. The molecule has 0 aliphatic heterocycles. The van der Waals surface area contributed by atoms with Gasteiger partial charge < -0.3 is 14.5 Å². The average Bonchev–Trinajstić information content (AvgIpc) is 2.74. The highest BCUT2D eigenvalue weighted by Crippen LogP contribution is 2.39. The van der Waals surface area contributed by atoms with Crippen LogP contribution in [-0.2, 0) is 11.2 Å². The number of rotatable bonds is 6. The van der Waals surface area contributed by atoms with E-state index in [-0.39, 0.29) is 5.60 Å². The molecule has 1 saturated carbocycles. The molecule has 3 heteroatoms. The third-order valence-electron chi connectivity index (χ3n) is 3.79. The van der Waals surface area contributed by atoms with Gasteiger partial charge in [-0.15, -0.1) is 0 Å². The van der Waals surface area contributed by atoms with Gasteiger partial charge in [0.15, 0.2) is 0 Å². The Morgan fingerprint density at radius 1 is 1.56 bits per heavy atom. The Labute approximate surface area is 97.2 Å². The molecule has 1 N–H and O–H groups in total. The number of methoxy groups -OCH3 is 1. The van der Waals surface area contributed by atoms with Crippen molar-refractivity contribution in [3.63, 3.8) is 0 Å². The highest BCUT2D eigenvalue weighted by Gasteiger charge is 2.38. The van der Waals surface area contributed by atoms with Gasteiger partial charge >= 0.3 is 0 Å². The van der Waals surface area contributed by atoms with Crippen molar-refractivity contribution in [1.82, 2.24) is 5.32 Å². The maximum Gasteiger partial charge on any atom is 0.0935 e. The first kappa shape index (κ1) is 11.7. The van der Waals surface area contributed by atoms with Crippen LogP contribution in [0.15, 0.2) is 23.0 Å². The van der Waals surface area contributed by atoms with Crippen molar-refractivity contribution < 1.29 is 9.15 Å². The van der Waals surface area contributed by atoms with E-state index in [2.05, 4.69) is 5.32 Å². The number of hydrogen-bond donors (Lipinski definition) is 1. The molecule has 1 atom stereocenters. The molecule has 0 bridgehead atoms. The number of hydrogen-bond acceptors (Lipinski definition) is 3. The van der Waals surface area contributed by atoms with Crippen molar-refractivity contribution in [2.75, 3.05) is 14.2 Å². The van der Waals surface area contributed by atoms with Gasteiger partial charge in [0, 0.05) is 13.2 Å². The summed E-state index contributed by atoms with van der Waals surface area (Å²) < 4.78 is 10.8. The van der Waals surface area contributed by atoms with Crippen molar-refractivity contribution in [2.45, 2.75) is 43.7 Å². The van der Waals surface area contributed by atoms with Crippen molar-refractivity contribution in [2.24, 2.45) is 0 Å². The van der Waals surface area contributed by atoms with Crippen LogP contribution in [0, 0.1) is 0 Å². The Morgan fingerprint density at radius 2 is 2.38 bits per heavy atom. The highest BCUT2D eigenvalue weighted by atomic mass is 16.5. The standard InChI is InChI=1S/C13H21NO2/c1-14-12(8-11-4-7-16-10-11)9-13(15-2)5-3-6-13/h4,7,10,12,14H,3,5-6,8-9H2,1-2H3. The van der Waals surface area contributed by atoms with Crippen LogP contribution in [0.25, 0.3) is 0 Å². The minimum Gasteiger partial charge on any atom is -0.472 e. The number of furan rings is 1. The molecule has 1 unspecified atom stereocenters. The molecule has 1 aliphatic rings. The van der Waals surface area contributed by atoms with Gasteiger partial charge in [-0.25, -0.2) is 0 Å². The molecule has 2 rings (SSSR count). The quantitative estimate of drug-likeness (QED) is 0.804. The van der Waals surface area contributed by atoms with Gasteiger partial charge in [-0.3, -0.25) is 0 Å². The summed E-state index contributed by atoms with van der Waals surface area (Å²) in [5, 5.41) is 3.38. The zero-order valence-electron chi connectivity index (χ0n) is 10.2. The minimum atomic E-state index is 0.136. The molecule has 1 aromatic heterocycles. The summed E-state index contributed by atoms with van der Waals surface area (Å²) in [5.41, 5.74) is 1.39. The van der Waals surface area contributed by atoms with E-state index in [1.807, 2.05) is 26.5 Å². The summed E-state index contributed by atoms with van der Waals surface area (Å²) in [5.74, 6) is 0. The predicted molar refractivity (Wildman–Crippen MR) is 63.5 cm³/mol. The first-order valence-electron chi connectivity index (χ1n) is 6.01. The van der Waals surface area contributed by atoms with Crippen molar-refractivity contribution in [1.29, 1.82) is 0 Å². The minimum absolute atomic E-state index is 0.136. The van der Waals surface area contributed by atoms with Crippen LogP contribution in [0.5, 0.6) is 0 Å². The number of ether oxygens (including phenoxy) is 1. The summed E-state index contributed by atoms with van der Waals surface area (Å²) >= 11 is 0. The van der Waals surface area contributed by atoms with E-state index < -0.39 is 0 Å². The second-order valence-corrected chi connectivity index (χ2v) is 4.77. The van der Waals surface area contributed by atoms with Gasteiger partial charge in [0.1, 0.15) is 0 Å². The van der Waals surface area contributed by atoms with Crippen LogP contribution in [0.3, 0.4) is 0 Å². The normalized spacial score (nSPS) is 20.4. The van der Waals surface area contributed by atoms with Gasteiger partial charge in [0.05, 0.1) is 18.1 Å². The van der Waals surface area contributed by atoms with Gasteiger partial charge in [0.2, 0.25) is 0 Å². The molecule has 0 radical (unpaired) electrons. The van der Waals surface area contributed by atoms with Gasteiger partial charge in [-0.05, 0) is 50.8 Å². The zero-order chi connectivity index (χ0) is 11.4. The lowest BCUT2D eigenvalue weighted by Gasteiger charge is -2.42. The molecule has 90 valence electrons. The lowest BCUT2D eigenvalue weighted by Crippen LogP contribution is -2.45. The molecule has 16 heavy (non-hydrogen) atoms. The molecule has 3 nitrogen and oxygen atoms in total. The van der Waals surface area contributed by atoms with Crippen molar-refractivity contribution in [3.05, 3.63) is 24.2 Å². The molecule has 0 amide bonds. The Kier molecular flexibility index (Phi) is 3.66. The molecule has 1 heterocycles. The summed E-state index contributed by atoms with van der Waals surface area (Å²) in [6, 6.07) is 2.50. The Hall–Kier alpha value is -0.800. The molecule has 1 aromatic rings. The van der Waals surface area contributed by atoms with Crippen molar-refractivity contribution in [3.8, 4) is 0 Å². The molecule has 0 spiro atoms. The van der Waals surface area contributed by atoms with E-state index >= 15 is 0 Å². The van der Waals surface area contributed by atoms with Crippen molar-refractivity contribution >= 4 is 0 Å². The largest absolute Gasteiger partial charge is 0.472 e. The molecular weight excluding hydrogens is 202 g/mol. The van der Waals surface area contributed by atoms with Crippen LogP contribution < -0.4 is 5.32 Å². The Bertz CT molecular complexity index is 298. The van der Waals surface area contributed by atoms with Gasteiger partial charge in [-0.1, -0.05) is 0 Å². The van der Waals surface area contributed by atoms with Crippen LogP contribution >= 0.6 is 0 Å². The van der Waals surface area contributed by atoms with E-state index in [1.54, 1.807) is 6.26 Å². The van der Waals surface area contributed by atoms with E-state index in [0.717, 1.165) is 12.8 Å².